The van der Waals surface area contributed by atoms with Gasteiger partial charge in [-0.05, 0) is 83.5 Å². The lowest BCUT2D eigenvalue weighted by molar-refractivity contribution is -0.167. The maximum Gasteiger partial charge on any atom is 0.306 e. The zero-order valence-electron chi connectivity index (χ0n) is 45.0. The molecular weight excluding hydrogens is 853 g/mol. The zero-order valence-corrected chi connectivity index (χ0v) is 45.0. The van der Waals surface area contributed by atoms with Gasteiger partial charge in [0.2, 0.25) is 0 Å². The first-order valence-electron chi connectivity index (χ1n) is 28.7. The maximum atomic E-state index is 12.7. The Morgan fingerprint density at radius 2 is 0.565 bits per heavy atom. The molecule has 0 aliphatic carbocycles. The van der Waals surface area contributed by atoms with Gasteiger partial charge in [0, 0.05) is 19.3 Å². The highest BCUT2D eigenvalue weighted by Crippen LogP contribution is 2.15. The van der Waals surface area contributed by atoms with Crippen LogP contribution in [0.4, 0.5) is 0 Å². The molecule has 0 aliphatic rings. The van der Waals surface area contributed by atoms with E-state index in [9.17, 15) is 14.4 Å². The van der Waals surface area contributed by atoms with Crippen LogP contribution in [0.15, 0.2) is 97.2 Å². The van der Waals surface area contributed by atoms with Crippen LogP contribution in [0.3, 0.4) is 0 Å². The van der Waals surface area contributed by atoms with Crippen molar-refractivity contribution in [1.82, 2.24) is 0 Å². The summed E-state index contributed by atoms with van der Waals surface area (Å²) in [6, 6.07) is 0. The summed E-state index contributed by atoms with van der Waals surface area (Å²) >= 11 is 0. The Kier molecular flexibility index (Phi) is 53.9. The van der Waals surface area contributed by atoms with Crippen molar-refractivity contribution in [2.24, 2.45) is 0 Å². The third-order valence-electron chi connectivity index (χ3n) is 12.1. The van der Waals surface area contributed by atoms with Crippen molar-refractivity contribution in [3.63, 3.8) is 0 Å². The molecule has 0 radical (unpaired) electrons. The zero-order chi connectivity index (χ0) is 50.0. The molecule has 0 rings (SSSR count). The first-order valence-corrected chi connectivity index (χ1v) is 28.7. The van der Waals surface area contributed by atoms with Gasteiger partial charge in [0.05, 0.1) is 0 Å². The minimum absolute atomic E-state index is 0.0765. The molecule has 1 unspecified atom stereocenters. The van der Waals surface area contributed by atoms with Crippen molar-refractivity contribution >= 4 is 17.9 Å². The molecule has 6 nitrogen and oxygen atoms in total. The van der Waals surface area contributed by atoms with Crippen LogP contribution in [-0.4, -0.2) is 37.2 Å². The largest absolute Gasteiger partial charge is 0.462 e. The van der Waals surface area contributed by atoms with Crippen LogP contribution >= 0.6 is 0 Å². The minimum atomic E-state index is -0.774. The molecule has 0 amide bonds. The molecule has 69 heavy (non-hydrogen) atoms. The van der Waals surface area contributed by atoms with Crippen molar-refractivity contribution in [2.75, 3.05) is 13.2 Å². The van der Waals surface area contributed by atoms with E-state index >= 15 is 0 Å². The standard InChI is InChI=1S/C63H106O6/c1-4-7-10-13-16-19-21-22-23-24-25-26-27-28-29-30-31-32-33-34-35-36-37-38-39-40-41-42-43-45-47-50-53-56-62(65)68-59-60(58-67-61(64)55-52-49-46-18-15-12-9-6-3)69-63(66)57-54-51-48-44-20-17-14-11-8-5-2/h7,10,16,19,22-23,25-26,28-29,31-32,34-35,37-38,60H,4-6,8-9,11-15,17-18,20-21,24,27,30,33,36,39-59H2,1-3H3/b10-7-,19-16-,23-22-,26-25-,29-28-,32-31-,35-34-,38-37-. The fourth-order valence-electron chi connectivity index (χ4n) is 7.81. The summed E-state index contributed by atoms with van der Waals surface area (Å²) < 4.78 is 16.7. The van der Waals surface area contributed by atoms with E-state index < -0.39 is 6.10 Å². The second-order valence-corrected chi connectivity index (χ2v) is 18.8. The van der Waals surface area contributed by atoms with Gasteiger partial charge in [-0.2, -0.15) is 0 Å². The molecule has 0 aromatic heterocycles. The van der Waals surface area contributed by atoms with Crippen molar-refractivity contribution in [3.8, 4) is 0 Å². The van der Waals surface area contributed by atoms with Crippen LogP contribution in [-0.2, 0) is 28.6 Å². The topological polar surface area (TPSA) is 78.9 Å². The molecule has 0 bridgehead atoms. The number of carbonyl (C=O) groups is 3. The summed E-state index contributed by atoms with van der Waals surface area (Å²) in [5.74, 6) is -0.889. The summed E-state index contributed by atoms with van der Waals surface area (Å²) in [4.78, 5) is 37.8. The fourth-order valence-corrected chi connectivity index (χ4v) is 7.81. The van der Waals surface area contributed by atoms with E-state index in [0.717, 1.165) is 116 Å². The number of esters is 3. The van der Waals surface area contributed by atoms with Gasteiger partial charge in [0.1, 0.15) is 13.2 Å². The molecule has 0 saturated carbocycles. The lowest BCUT2D eigenvalue weighted by Crippen LogP contribution is -2.30. The van der Waals surface area contributed by atoms with Crippen LogP contribution < -0.4 is 0 Å². The van der Waals surface area contributed by atoms with E-state index in [1.165, 1.54) is 109 Å². The second-order valence-electron chi connectivity index (χ2n) is 18.8. The van der Waals surface area contributed by atoms with E-state index in [4.69, 9.17) is 14.2 Å². The SMILES string of the molecule is CC/C=C\C/C=C\C/C=C\C/C=C\C/C=C\C/C=C\C/C=C\C/C=C\CCCCCCCCCCC(=O)OCC(COC(=O)CCCCCCCCCC)OC(=O)CCCCCCCCCCCC. The number of rotatable bonds is 51. The van der Waals surface area contributed by atoms with Gasteiger partial charge in [-0.1, -0.05) is 259 Å². The summed E-state index contributed by atoms with van der Waals surface area (Å²) in [5.41, 5.74) is 0. The summed E-state index contributed by atoms with van der Waals surface area (Å²) in [5, 5.41) is 0. The maximum absolute atomic E-state index is 12.7. The molecule has 0 aromatic rings. The smallest absolute Gasteiger partial charge is 0.306 e. The summed E-state index contributed by atoms with van der Waals surface area (Å²) in [7, 11) is 0. The highest BCUT2D eigenvalue weighted by Gasteiger charge is 2.19. The Labute approximate surface area is 426 Å². The quantitative estimate of drug-likeness (QED) is 0.0262. The highest BCUT2D eigenvalue weighted by molar-refractivity contribution is 5.71. The van der Waals surface area contributed by atoms with Gasteiger partial charge in [0.15, 0.2) is 6.10 Å². The monoisotopic (exact) mass is 959 g/mol. The van der Waals surface area contributed by atoms with Crippen molar-refractivity contribution in [3.05, 3.63) is 97.2 Å². The highest BCUT2D eigenvalue weighted by atomic mass is 16.6. The molecule has 0 spiro atoms. The number of hydrogen-bond acceptors (Lipinski definition) is 6. The molecule has 6 heteroatoms. The Morgan fingerprint density at radius 3 is 0.884 bits per heavy atom. The molecule has 0 saturated heterocycles. The molecule has 394 valence electrons. The number of unbranched alkanes of at least 4 members (excludes halogenated alkanes) is 24. The van der Waals surface area contributed by atoms with Crippen molar-refractivity contribution in [2.45, 2.75) is 271 Å². The molecule has 1 atom stereocenters. The molecule has 0 heterocycles. The predicted octanol–water partition coefficient (Wildman–Crippen LogP) is 19.3. The summed E-state index contributed by atoms with van der Waals surface area (Å²) in [6.07, 6.45) is 75.7. The van der Waals surface area contributed by atoms with E-state index in [-0.39, 0.29) is 31.1 Å². The second kappa shape index (κ2) is 56.9. The van der Waals surface area contributed by atoms with Gasteiger partial charge in [-0.3, -0.25) is 14.4 Å². The van der Waals surface area contributed by atoms with E-state index in [2.05, 4.69) is 118 Å². The predicted molar refractivity (Wildman–Crippen MR) is 297 cm³/mol. The van der Waals surface area contributed by atoms with Crippen LogP contribution in [0.1, 0.15) is 265 Å². The van der Waals surface area contributed by atoms with Crippen molar-refractivity contribution in [1.29, 1.82) is 0 Å². The minimum Gasteiger partial charge on any atom is -0.462 e. The van der Waals surface area contributed by atoms with E-state index in [1.54, 1.807) is 0 Å². The van der Waals surface area contributed by atoms with Crippen LogP contribution in [0.5, 0.6) is 0 Å². The Bertz CT molecular complexity index is 1380. The van der Waals surface area contributed by atoms with Crippen LogP contribution in [0.2, 0.25) is 0 Å². The van der Waals surface area contributed by atoms with Crippen LogP contribution in [0.25, 0.3) is 0 Å². The summed E-state index contributed by atoms with van der Waals surface area (Å²) in [6.45, 7) is 6.47. The van der Waals surface area contributed by atoms with Gasteiger partial charge in [-0.15, -0.1) is 0 Å². The third kappa shape index (κ3) is 55.1. The first kappa shape index (κ1) is 65.3. The normalized spacial score (nSPS) is 12.8. The van der Waals surface area contributed by atoms with E-state index in [1.807, 2.05) is 0 Å². The van der Waals surface area contributed by atoms with E-state index in [0.29, 0.717) is 19.3 Å². The number of ether oxygens (including phenoxy) is 3. The average Bonchev–Trinajstić information content (AvgIpc) is 3.35. The van der Waals surface area contributed by atoms with Gasteiger partial charge in [-0.25, -0.2) is 0 Å². The molecule has 0 fully saturated rings. The lowest BCUT2D eigenvalue weighted by atomic mass is 10.1. The van der Waals surface area contributed by atoms with Gasteiger partial charge in [0.25, 0.3) is 0 Å². The number of hydrogen-bond donors (Lipinski definition) is 0. The Morgan fingerprint density at radius 1 is 0.304 bits per heavy atom. The Hall–Kier alpha value is -3.67. The number of carbonyl (C=O) groups excluding carboxylic acids is 3. The van der Waals surface area contributed by atoms with Gasteiger partial charge < -0.3 is 14.2 Å². The van der Waals surface area contributed by atoms with Gasteiger partial charge >= 0.3 is 17.9 Å². The third-order valence-corrected chi connectivity index (χ3v) is 12.1. The fraction of sp³-hybridized carbons (Fsp3) is 0.698. The lowest BCUT2D eigenvalue weighted by Gasteiger charge is -2.18. The van der Waals surface area contributed by atoms with Crippen LogP contribution in [0, 0.1) is 0 Å². The Balaban J connectivity index is 4.09. The molecule has 0 aliphatic heterocycles. The molecule has 0 N–H and O–H groups in total. The number of allylic oxidation sites excluding steroid dienone is 16. The average molecular weight is 960 g/mol. The van der Waals surface area contributed by atoms with Crippen molar-refractivity contribution < 1.29 is 28.6 Å². The molecular formula is C63H106O6. The first-order chi connectivity index (χ1) is 34.0. The molecule has 0 aromatic carbocycles.